The lowest BCUT2D eigenvalue weighted by atomic mass is 9.76. The van der Waals surface area contributed by atoms with Crippen LogP contribution in [-0.4, -0.2) is 63.3 Å². The summed E-state index contributed by atoms with van der Waals surface area (Å²) in [5.74, 6) is 2.99. The number of ether oxygens (including phenoxy) is 1. The van der Waals surface area contributed by atoms with Gasteiger partial charge in [-0.25, -0.2) is 19.7 Å². The van der Waals surface area contributed by atoms with Gasteiger partial charge in [0.2, 0.25) is 5.95 Å². The van der Waals surface area contributed by atoms with Crippen molar-refractivity contribution in [3.05, 3.63) is 59.0 Å². The monoisotopic (exact) mass is 541 g/mol. The standard InChI is InChI=1S/C30H35N7O3/c1-30(2)10-9-22-21(15-30)27(34-26(31-22)17-36(3)4)37-11-12-40-25-8-6-18(13-20(25)16-37)19-5-7-23-24(14-19)33-28(32-23)35-29(38)39/h5-8,13-14H,9-12,15-17H2,1-4H3,(H,38,39)(H2,32,33,35). The number of carbonyl (C=O) groups is 1. The number of aromatic amines is 1. The Morgan fingerprint density at radius 2 is 1.95 bits per heavy atom. The number of aromatic nitrogens is 4. The van der Waals surface area contributed by atoms with Gasteiger partial charge < -0.3 is 24.6 Å². The summed E-state index contributed by atoms with van der Waals surface area (Å²) in [6.45, 7) is 7.38. The van der Waals surface area contributed by atoms with E-state index in [0.29, 0.717) is 25.2 Å². The van der Waals surface area contributed by atoms with Crippen LogP contribution in [0.25, 0.3) is 22.2 Å². The van der Waals surface area contributed by atoms with Crippen molar-refractivity contribution in [1.29, 1.82) is 0 Å². The first-order chi connectivity index (χ1) is 19.1. The van der Waals surface area contributed by atoms with E-state index in [9.17, 15) is 4.79 Å². The van der Waals surface area contributed by atoms with E-state index in [1.165, 1.54) is 11.3 Å². The highest BCUT2D eigenvalue weighted by Crippen LogP contribution is 2.39. The van der Waals surface area contributed by atoms with E-state index in [1.54, 1.807) is 0 Å². The van der Waals surface area contributed by atoms with Crippen LogP contribution in [0.1, 0.15) is 42.9 Å². The number of benzene rings is 2. The predicted octanol–water partition coefficient (Wildman–Crippen LogP) is 5.09. The molecule has 10 heteroatoms. The highest BCUT2D eigenvalue weighted by Gasteiger charge is 2.31. The Kier molecular flexibility index (Phi) is 6.58. The minimum absolute atomic E-state index is 0.204. The van der Waals surface area contributed by atoms with E-state index in [2.05, 4.69) is 51.1 Å². The van der Waals surface area contributed by atoms with Gasteiger partial charge in [0, 0.05) is 23.4 Å². The van der Waals surface area contributed by atoms with E-state index in [1.807, 2.05) is 38.4 Å². The first-order valence-corrected chi connectivity index (χ1v) is 13.7. The van der Waals surface area contributed by atoms with Gasteiger partial charge in [-0.2, -0.15) is 0 Å². The lowest BCUT2D eigenvalue weighted by Gasteiger charge is -2.34. The number of carboxylic acid groups (broad SMARTS) is 1. The zero-order valence-corrected chi connectivity index (χ0v) is 23.4. The van der Waals surface area contributed by atoms with Gasteiger partial charge in [0.1, 0.15) is 24.0 Å². The number of hydrogen-bond donors (Lipinski definition) is 3. The van der Waals surface area contributed by atoms with Gasteiger partial charge in [-0.3, -0.25) is 5.32 Å². The van der Waals surface area contributed by atoms with Gasteiger partial charge in [-0.05, 0) is 74.2 Å². The average molecular weight is 542 g/mol. The quantitative estimate of drug-likeness (QED) is 0.320. The van der Waals surface area contributed by atoms with Gasteiger partial charge in [0.25, 0.3) is 0 Å². The number of H-pyrrole nitrogens is 1. The number of aryl methyl sites for hydroxylation is 1. The lowest BCUT2D eigenvalue weighted by molar-refractivity contribution is 0.209. The molecular weight excluding hydrogens is 506 g/mol. The normalized spacial score (nSPS) is 16.3. The molecule has 0 saturated carbocycles. The smallest absolute Gasteiger partial charge is 0.411 e. The average Bonchev–Trinajstić information content (AvgIpc) is 3.15. The molecule has 208 valence electrons. The third-order valence-corrected chi connectivity index (χ3v) is 7.65. The van der Waals surface area contributed by atoms with E-state index in [4.69, 9.17) is 19.8 Å². The van der Waals surface area contributed by atoms with Crippen LogP contribution in [0.15, 0.2) is 36.4 Å². The maximum absolute atomic E-state index is 11.0. The summed E-state index contributed by atoms with van der Waals surface area (Å²) in [6.07, 6.45) is 1.91. The van der Waals surface area contributed by atoms with Crippen molar-refractivity contribution in [2.24, 2.45) is 5.41 Å². The first kappa shape index (κ1) is 26.1. The number of nitrogens with zero attached hydrogens (tertiary/aromatic N) is 5. The summed E-state index contributed by atoms with van der Waals surface area (Å²) >= 11 is 0. The minimum Gasteiger partial charge on any atom is -0.491 e. The van der Waals surface area contributed by atoms with Crippen molar-refractivity contribution in [1.82, 2.24) is 24.8 Å². The van der Waals surface area contributed by atoms with Crippen molar-refractivity contribution in [3.8, 4) is 16.9 Å². The summed E-state index contributed by atoms with van der Waals surface area (Å²) in [6, 6.07) is 12.2. The second-order valence-electron chi connectivity index (χ2n) is 11.8. The molecule has 1 aliphatic heterocycles. The molecule has 0 spiro atoms. The maximum Gasteiger partial charge on any atom is 0.411 e. The molecule has 0 saturated heterocycles. The molecule has 4 aromatic rings. The molecule has 10 nitrogen and oxygen atoms in total. The number of nitrogens with one attached hydrogen (secondary N) is 2. The third kappa shape index (κ3) is 5.31. The Bertz CT molecular complexity index is 1590. The molecule has 1 amide bonds. The summed E-state index contributed by atoms with van der Waals surface area (Å²) in [4.78, 5) is 32.9. The fourth-order valence-electron chi connectivity index (χ4n) is 5.70. The van der Waals surface area contributed by atoms with Gasteiger partial charge in [-0.15, -0.1) is 0 Å². The molecular formula is C30H35N7O3. The summed E-state index contributed by atoms with van der Waals surface area (Å²) in [7, 11) is 4.10. The Balaban J connectivity index is 1.35. The fraction of sp³-hybridized carbons (Fsp3) is 0.400. The highest BCUT2D eigenvalue weighted by atomic mass is 16.5. The largest absolute Gasteiger partial charge is 0.491 e. The Morgan fingerprint density at radius 3 is 2.75 bits per heavy atom. The van der Waals surface area contributed by atoms with Crippen LogP contribution in [0, 0.1) is 5.41 Å². The molecule has 0 fully saturated rings. The number of fused-ring (bicyclic) bond motifs is 3. The van der Waals surface area contributed by atoms with Crippen molar-refractivity contribution >= 4 is 28.9 Å². The van der Waals surface area contributed by atoms with Gasteiger partial charge >= 0.3 is 6.09 Å². The number of anilines is 2. The van der Waals surface area contributed by atoms with E-state index >= 15 is 0 Å². The van der Waals surface area contributed by atoms with E-state index in [-0.39, 0.29) is 11.4 Å². The zero-order valence-electron chi connectivity index (χ0n) is 23.4. The van der Waals surface area contributed by atoms with E-state index in [0.717, 1.165) is 65.4 Å². The molecule has 2 aromatic carbocycles. The second kappa shape index (κ2) is 10.1. The molecule has 0 unspecified atom stereocenters. The van der Waals surface area contributed by atoms with Crippen molar-refractivity contribution < 1.29 is 14.6 Å². The number of hydrogen-bond acceptors (Lipinski definition) is 7. The van der Waals surface area contributed by atoms with Crippen LogP contribution in [0.3, 0.4) is 0 Å². The molecule has 2 aliphatic rings. The lowest BCUT2D eigenvalue weighted by Crippen LogP contribution is -2.32. The molecule has 6 rings (SSSR count). The Morgan fingerprint density at radius 1 is 1.15 bits per heavy atom. The number of amides is 1. The van der Waals surface area contributed by atoms with Crippen LogP contribution < -0.4 is 15.0 Å². The molecule has 0 bridgehead atoms. The second-order valence-corrected chi connectivity index (χ2v) is 11.8. The summed E-state index contributed by atoms with van der Waals surface area (Å²) < 4.78 is 6.21. The van der Waals surface area contributed by atoms with Crippen LogP contribution in [0.4, 0.5) is 16.6 Å². The molecule has 2 aromatic heterocycles. The van der Waals surface area contributed by atoms with Crippen LogP contribution in [0.5, 0.6) is 5.75 Å². The van der Waals surface area contributed by atoms with Crippen molar-refractivity contribution in [2.45, 2.75) is 46.2 Å². The number of imidazole rings is 1. The topological polar surface area (TPSA) is 120 Å². The first-order valence-electron chi connectivity index (χ1n) is 13.7. The summed E-state index contributed by atoms with van der Waals surface area (Å²) in [5, 5.41) is 11.3. The number of rotatable bonds is 5. The van der Waals surface area contributed by atoms with Crippen LogP contribution in [0.2, 0.25) is 0 Å². The summed E-state index contributed by atoms with van der Waals surface area (Å²) in [5.41, 5.74) is 7.29. The van der Waals surface area contributed by atoms with Gasteiger partial charge in [-0.1, -0.05) is 26.0 Å². The molecule has 1 aliphatic carbocycles. The third-order valence-electron chi connectivity index (χ3n) is 7.65. The molecule has 3 N–H and O–H groups in total. The van der Waals surface area contributed by atoms with Crippen molar-refractivity contribution in [3.63, 3.8) is 0 Å². The molecule has 3 heterocycles. The Labute approximate surface area is 233 Å². The predicted molar refractivity (Wildman–Crippen MR) is 155 cm³/mol. The molecule has 0 radical (unpaired) electrons. The minimum atomic E-state index is -1.16. The van der Waals surface area contributed by atoms with Crippen LogP contribution in [-0.2, 0) is 25.9 Å². The SMILES string of the molecule is CN(C)Cc1nc2c(c(N3CCOc4ccc(-c5ccc6nc(NC(=O)O)[nH]c6c5)cc4C3)n1)CC(C)(C)CC2. The van der Waals surface area contributed by atoms with Crippen LogP contribution >= 0.6 is 0 Å². The van der Waals surface area contributed by atoms with E-state index < -0.39 is 6.09 Å². The zero-order chi connectivity index (χ0) is 28.0. The molecule has 40 heavy (non-hydrogen) atoms. The molecule has 0 atom stereocenters. The highest BCUT2D eigenvalue weighted by molar-refractivity contribution is 5.87. The Hall–Kier alpha value is -4.18. The van der Waals surface area contributed by atoms with Gasteiger partial charge in [0.15, 0.2) is 0 Å². The maximum atomic E-state index is 11.0. The van der Waals surface area contributed by atoms with Gasteiger partial charge in [0.05, 0.1) is 24.1 Å². The van der Waals surface area contributed by atoms with Crippen molar-refractivity contribution in [2.75, 3.05) is 37.5 Å². The fourth-order valence-corrected chi connectivity index (χ4v) is 5.70.